The van der Waals surface area contributed by atoms with Crippen LogP contribution in [0.4, 0.5) is 35.3 Å². The van der Waals surface area contributed by atoms with Gasteiger partial charge in [-0.15, -0.1) is 0 Å². The van der Waals surface area contributed by atoms with Gasteiger partial charge in [-0.1, -0.05) is 24.3 Å². The summed E-state index contributed by atoms with van der Waals surface area (Å²) in [6, 6.07) is 11.1. The van der Waals surface area contributed by atoms with Crippen molar-refractivity contribution in [1.29, 1.82) is 0 Å². The molecule has 10 atom stereocenters. The number of fused-ring (bicyclic) bond motifs is 1. The second-order valence-corrected chi connectivity index (χ2v) is 20.7. The van der Waals surface area contributed by atoms with Crippen molar-refractivity contribution in [2.75, 3.05) is 49.6 Å². The summed E-state index contributed by atoms with van der Waals surface area (Å²) in [7, 11) is -10.8. The van der Waals surface area contributed by atoms with Crippen molar-refractivity contribution in [3.63, 3.8) is 0 Å². The first-order chi connectivity index (χ1) is 36.9. The zero-order valence-electron chi connectivity index (χ0n) is 40.6. The number of carbonyl (C=O) groups excluding carboxylic acids is 3. The minimum atomic E-state index is -5.54. The molecule has 6 heterocycles. The Hall–Kier alpha value is -6.51. The monoisotopic (exact) mass is 1140 g/mol. The van der Waals surface area contributed by atoms with Crippen LogP contribution in [0.2, 0.25) is 0 Å². The Labute approximate surface area is 438 Å². The average Bonchev–Trinajstić information content (AvgIpc) is 4.05. The highest BCUT2D eigenvalue weighted by atomic mass is 31.2. The molecule has 8 rings (SSSR count). The van der Waals surface area contributed by atoms with Gasteiger partial charge < -0.3 is 70.8 Å². The summed E-state index contributed by atoms with van der Waals surface area (Å²) in [5, 5.41) is 28.2. The predicted molar refractivity (Wildman–Crippen MR) is 259 cm³/mol. The lowest BCUT2D eigenvalue weighted by Crippen LogP contribution is -2.48. The summed E-state index contributed by atoms with van der Waals surface area (Å²) in [6.07, 6.45) is -13.8. The molecule has 29 nitrogen and oxygen atoms in total. The van der Waals surface area contributed by atoms with Crippen molar-refractivity contribution < 1.29 is 94.1 Å². The molecule has 3 fully saturated rings. The number of nitrogen functional groups attached to an aromatic ring is 2. The molecule has 2 amide bonds. The van der Waals surface area contributed by atoms with E-state index in [1.165, 1.54) is 41.0 Å². The van der Waals surface area contributed by atoms with Crippen molar-refractivity contribution in [3.8, 4) is 0 Å². The van der Waals surface area contributed by atoms with Crippen molar-refractivity contribution >= 4 is 62.1 Å². The van der Waals surface area contributed by atoms with Crippen LogP contribution in [0.5, 0.6) is 0 Å². The standard InChI is InChI=1S/C44H52F3N11O18P2/c45-25-5-1-23(2-6-25)17-31(59)53-26-7-3-24(4-8-26)18-70-43(64)54-27(9-13-56-15-11-44(46,47)12-16-56)41(62)75-35-28(73-40(33(35)60)58-22-52-32-37(49)50-21-51-38(32)58)20-72-78(68,69)76-36-29(19-71-77(65,66)67)74-39(34(36)61)57-14-10-30(48)55-42(57)63/h1-8,10,14,21-22,27-29,33-36,39-40,60-61H,9,11-13,15-20H2,(H,53,59)(H,54,64)(H,68,69)(H2,48,55,63)(H2,49,50,51)(H2,65,66,67)/t27?,28-,29-,33-,34-,35-,36-,39-,40-/m1/s1. The van der Waals surface area contributed by atoms with Crippen LogP contribution < -0.4 is 27.8 Å². The first-order valence-electron chi connectivity index (χ1n) is 23.6. The molecule has 3 aliphatic rings. The number of benzene rings is 2. The lowest BCUT2D eigenvalue weighted by Gasteiger charge is -2.32. The highest BCUT2D eigenvalue weighted by Gasteiger charge is 2.52. The number of halogens is 3. The number of piperidine rings is 1. The lowest BCUT2D eigenvalue weighted by atomic mass is 10.1. The number of hydrogen-bond donors (Lipinski definition) is 9. The van der Waals surface area contributed by atoms with Crippen molar-refractivity contribution in [2.45, 2.75) is 93.3 Å². The maximum Gasteiger partial charge on any atom is 0.472 e. The zero-order valence-corrected chi connectivity index (χ0v) is 42.3. The molecular formula is C44H52F3N11O18P2. The third kappa shape index (κ3) is 14.8. The van der Waals surface area contributed by atoms with E-state index in [4.69, 9.17) is 39.5 Å². The number of anilines is 3. The van der Waals surface area contributed by atoms with E-state index in [-0.39, 0.29) is 67.8 Å². The molecule has 11 N–H and O–H groups in total. The Morgan fingerprint density at radius 2 is 1.50 bits per heavy atom. The van der Waals surface area contributed by atoms with Gasteiger partial charge in [0.25, 0.3) is 5.92 Å². The van der Waals surface area contributed by atoms with Crippen LogP contribution in [0.15, 0.2) is 78.2 Å². The molecule has 34 heteroatoms. The number of nitrogens with two attached hydrogens (primary N) is 2. The first kappa shape index (κ1) is 57.7. The molecule has 2 aromatic carbocycles. The smallest absolute Gasteiger partial charge is 0.455 e. The van der Waals surface area contributed by atoms with Crippen LogP contribution in [-0.2, 0) is 64.3 Å². The van der Waals surface area contributed by atoms with Crippen LogP contribution in [0.3, 0.4) is 0 Å². The Bertz CT molecular complexity index is 3100. The molecular weight excluding hydrogens is 1090 g/mol. The number of aliphatic hydroxyl groups excluding tert-OH is 2. The third-order valence-corrected chi connectivity index (χ3v) is 14.0. The van der Waals surface area contributed by atoms with Crippen LogP contribution in [0.1, 0.15) is 42.8 Å². The van der Waals surface area contributed by atoms with Crippen LogP contribution in [0.25, 0.3) is 11.2 Å². The molecule has 0 spiro atoms. The fourth-order valence-corrected chi connectivity index (χ4v) is 9.84. The van der Waals surface area contributed by atoms with Gasteiger partial charge in [-0.25, -0.2) is 51.6 Å². The van der Waals surface area contributed by atoms with Gasteiger partial charge in [-0.05, 0) is 47.9 Å². The van der Waals surface area contributed by atoms with Gasteiger partial charge in [0, 0.05) is 44.4 Å². The Balaban J connectivity index is 0.979. The molecule has 3 saturated heterocycles. The van der Waals surface area contributed by atoms with E-state index >= 15 is 0 Å². The highest BCUT2D eigenvalue weighted by molar-refractivity contribution is 7.47. The minimum Gasteiger partial charge on any atom is -0.455 e. The number of imidazole rings is 1. The van der Waals surface area contributed by atoms with Gasteiger partial charge in [0.2, 0.25) is 5.91 Å². The molecule has 0 saturated carbocycles. The van der Waals surface area contributed by atoms with Gasteiger partial charge >= 0.3 is 33.4 Å². The van der Waals surface area contributed by atoms with Crippen LogP contribution in [0, 0.1) is 5.82 Å². The molecule has 0 bridgehead atoms. The van der Waals surface area contributed by atoms with Crippen LogP contribution in [-0.4, -0.2) is 158 Å². The Kier molecular flexibility index (Phi) is 17.9. The second-order valence-electron chi connectivity index (χ2n) is 18.1. The Morgan fingerprint density at radius 3 is 2.18 bits per heavy atom. The first-order valence-corrected chi connectivity index (χ1v) is 26.6. The fraction of sp³-hybridized carbons (Fsp3) is 0.455. The minimum absolute atomic E-state index is 0.00811. The second kappa shape index (κ2) is 24.2. The lowest BCUT2D eigenvalue weighted by molar-refractivity contribution is -0.159. The molecule has 0 aliphatic carbocycles. The van der Waals surface area contributed by atoms with Crippen molar-refractivity contribution in [1.82, 2.24) is 39.3 Å². The van der Waals surface area contributed by atoms with Gasteiger partial charge in [-0.2, -0.15) is 4.98 Å². The highest BCUT2D eigenvalue weighted by Crippen LogP contribution is 2.50. The number of alkyl halides is 2. The molecule has 422 valence electrons. The largest absolute Gasteiger partial charge is 0.472 e. The summed E-state index contributed by atoms with van der Waals surface area (Å²) in [5.41, 5.74) is 11.9. The Morgan fingerprint density at radius 1 is 0.859 bits per heavy atom. The number of alkyl carbamates (subject to hydrolysis) is 1. The summed E-state index contributed by atoms with van der Waals surface area (Å²) in [5.74, 6) is -5.28. The van der Waals surface area contributed by atoms with E-state index in [1.54, 1.807) is 17.0 Å². The predicted octanol–water partition coefficient (Wildman–Crippen LogP) is 1.02. The molecule has 5 aromatic rings. The number of rotatable bonds is 21. The number of nitrogens with zero attached hydrogens (tertiary/aromatic N) is 7. The van der Waals surface area contributed by atoms with Gasteiger partial charge in [-0.3, -0.25) is 27.5 Å². The summed E-state index contributed by atoms with van der Waals surface area (Å²) in [4.78, 5) is 100. The number of phosphoric acid groups is 2. The number of nitrogens with one attached hydrogen (secondary N) is 2. The molecule has 0 radical (unpaired) electrons. The van der Waals surface area contributed by atoms with Crippen molar-refractivity contribution in [3.05, 3.63) is 101 Å². The van der Waals surface area contributed by atoms with E-state index < -0.39 is 126 Å². The third-order valence-electron chi connectivity index (χ3n) is 12.5. The van der Waals surface area contributed by atoms with E-state index in [2.05, 4.69) is 35.1 Å². The maximum atomic E-state index is 14.3. The molecule has 2 unspecified atom stereocenters. The average molecular weight is 1140 g/mol. The van der Waals surface area contributed by atoms with E-state index in [9.17, 15) is 66.4 Å². The maximum absolute atomic E-state index is 14.3. The summed E-state index contributed by atoms with van der Waals surface area (Å²) < 4.78 is 107. The summed E-state index contributed by atoms with van der Waals surface area (Å²) in [6.45, 7) is -2.67. The number of phosphoric ester groups is 2. The van der Waals surface area contributed by atoms with E-state index in [0.29, 0.717) is 21.4 Å². The number of ether oxygens (including phenoxy) is 4. The van der Waals surface area contributed by atoms with Crippen LogP contribution >= 0.6 is 15.6 Å². The van der Waals surface area contributed by atoms with E-state index in [1.807, 2.05) is 0 Å². The number of likely N-dealkylation sites (tertiary alicyclic amines) is 1. The molecule has 3 aromatic heterocycles. The van der Waals surface area contributed by atoms with E-state index in [0.717, 1.165) is 24.9 Å². The van der Waals surface area contributed by atoms with Crippen molar-refractivity contribution in [2.24, 2.45) is 0 Å². The van der Waals surface area contributed by atoms with Gasteiger partial charge in [0.15, 0.2) is 30.0 Å². The molecule has 78 heavy (non-hydrogen) atoms. The fourth-order valence-electron chi connectivity index (χ4n) is 8.53. The number of aliphatic hydroxyl groups is 2. The quantitative estimate of drug-likeness (QED) is 0.0366. The number of esters is 1. The topological polar surface area (TPSA) is 409 Å². The number of hydrogen-bond acceptors (Lipinski definition) is 22. The normalized spacial score (nSPS) is 24.6. The molecule has 3 aliphatic heterocycles. The zero-order chi connectivity index (χ0) is 56.1. The summed E-state index contributed by atoms with van der Waals surface area (Å²) >= 11 is 0. The van der Waals surface area contributed by atoms with Gasteiger partial charge in [0.05, 0.1) is 26.0 Å². The SMILES string of the molecule is Nc1ccn([C@@H]2O[C@H](COP(=O)(O)O)[C@@H](OP(=O)(O)OC[C@H]3O[C@@H](n4cnc5c(N)ncnc54)[C@H](O)[C@@H]3OC(=O)C(CCN3CCC(F)(F)CC3)NC(=O)OCc3ccc(NC(=O)Cc4ccc(F)cc4)cc3)[C@H]2O)c(=O)n1. The number of carbonyl (C=O) groups is 3. The number of amides is 2. The van der Waals surface area contributed by atoms with Gasteiger partial charge in [0.1, 0.15) is 66.6 Å². The number of aromatic nitrogens is 6.